The molecular weight excluding hydrogens is 371 g/mol. The van der Waals surface area contributed by atoms with Gasteiger partial charge in [-0.15, -0.1) is 0 Å². The minimum absolute atomic E-state index is 0.0511. The van der Waals surface area contributed by atoms with Gasteiger partial charge in [0.2, 0.25) is 0 Å². The standard InChI is InChI=1S/C19H18F3N5O/c20-19(21,22)14-4-5-17(24-12-14)27-8-6-15(7-9-27)25-18(28)26-16-3-1-2-13(10-16)11-23/h1-5,10,12,15H,6-9H2,(H2,25,26,28). The molecule has 2 aromatic rings. The molecule has 1 aliphatic rings. The van der Waals surface area contributed by atoms with Crippen molar-refractivity contribution in [1.29, 1.82) is 5.26 Å². The number of urea groups is 1. The Morgan fingerprint density at radius 3 is 2.57 bits per heavy atom. The number of carbonyl (C=O) groups is 1. The lowest BCUT2D eigenvalue weighted by Gasteiger charge is -2.33. The van der Waals surface area contributed by atoms with Gasteiger partial charge in [0.1, 0.15) is 5.82 Å². The molecule has 0 spiro atoms. The molecule has 0 aliphatic carbocycles. The Labute approximate surface area is 160 Å². The Hall–Kier alpha value is -3.28. The molecule has 0 bridgehead atoms. The van der Waals surface area contributed by atoms with Gasteiger partial charge in [-0.1, -0.05) is 6.07 Å². The molecule has 0 radical (unpaired) electrons. The number of nitrogens with zero attached hydrogens (tertiary/aromatic N) is 3. The first-order valence-corrected chi connectivity index (χ1v) is 8.71. The lowest BCUT2D eigenvalue weighted by molar-refractivity contribution is -0.137. The van der Waals surface area contributed by atoms with E-state index in [0.717, 1.165) is 12.3 Å². The number of anilines is 2. The normalized spacial score (nSPS) is 15.0. The lowest BCUT2D eigenvalue weighted by Crippen LogP contribution is -2.46. The van der Waals surface area contributed by atoms with Gasteiger partial charge >= 0.3 is 12.2 Å². The molecule has 2 heterocycles. The Kier molecular flexibility index (Phi) is 5.68. The number of rotatable bonds is 3. The van der Waals surface area contributed by atoms with Gasteiger partial charge in [0.15, 0.2) is 0 Å². The Morgan fingerprint density at radius 2 is 1.96 bits per heavy atom. The number of hydrogen-bond acceptors (Lipinski definition) is 4. The minimum atomic E-state index is -4.40. The second-order valence-electron chi connectivity index (χ2n) is 6.46. The largest absolute Gasteiger partial charge is 0.417 e. The maximum atomic E-state index is 12.6. The van der Waals surface area contributed by atoms with Crippen LogP contribution >= 0.6 is 0 Å². The van der Waals surface area contributed by atoms with Crippen LogP contribution in [0, 0.1) is 11.3 Å². The van der Waals surface area contributed by atoms with Crippen LogP contribution in [-0.4, -0.2) is 30.1 Å². The third-order valence-electron chi connectivity index (χ3n) is 4.48. The first kappa shape index (κ1) is 19.5. The van der Waals surface area contributed by atoms with Crippen LogP contribution in [0.25, 0.3) is 0 Å². The molecule has 1 aromatic carbocycles. The number of hydrogen-bond donors (Lipinski definition) is 2. The van der Waals surface area contributed by atoms with E-state index in [1.54, 1.807) is 24.3 Å². The molecule has 28 heavy (non-hydrogen) atoms. The van der Waals surface area contributed by atoms with Crippen LogP contribution < -0.4 is 15.5 Å². The van der Waals surface area contributed by atoms with E-state index in [-0.39, 0.29) is 12.1 Å². The quantitative estimate of drug-likeness (QED) is 0.838. The van der Waals surface area contributed by atoms with Gasteiger partial charge in [0.25, 0.3) is 0 Å². The van der Waals surface area contributed by atoms with Crippen LogP contribution in [-0.2, 0) is 6.18 Å². The molecule has 9 heteroatoms. The fourth-order valence-corrected chi connectivity index (χ4v) is 3.01. The van der Waals surface area contributed by atoms with E-state index in [9.17, 15) is 18.0 Å². The maximum absolute atomic E-state index is 12.6. The number of piperidine rings is 1. The Balaban J connectivity index is 1.50. The monoisotopic (exact) mass is 389 g/mol. The topological polar surface area (TPSA) is 81.0 Å². The Morgan fingerprint density at radius 1 is 1.21 bits per heavy atom. The summed E-state index contributed by atoms with van der Waals surface area (Å²) in [6.45, 7) is 1.15. The average Bonchev–Trinajstić information content (AvgIpc) is 2.68. The van der Waals surface area contributed by atoms with Crippen molar-refractivity contribution < 1.29 is 18.0 Å². The van der Waals surface area contributed by atoms with Crippen molar-refractivity contribution in [2.24, 2.45) is 0 Å². The van der Waals surface area contributed by atoms with Crippen LogP contribution in [0.1, 0.15) is 24.0 Å². The number of alkyl halides is 3. The summed E-state index contributed by atoms with van der Waals surface area (Å²) >= 11 is 0. The predicted molar refractivity (Wildman–Crippen MR) is 97.8 cm³/mol. The highest BCUT2D eigenvalue weighted by molar-refractivity contribution is 5.89. The summed E-state index contributed by atoms with van der Waals surface area (Å²) in [7, 11) is 0. The van der Waals surface area contributed by atoms with E-state index in [4.69, 9.17) is 5.26 Å². The zero-order valence-corrected chi connectivity index (χ0v) is 14.8. The molecule has 3 rings (SSSR count). The van der Waals surface area contributed by atoms with Crippen LogP contribution in [0.2, 0.25) is 0 Å². The number of benzene rings is 1. The second-order valence-corrected chi connectivity index (χ2v) is 6.46. The van der Waals surface area contributed by atoms with Crippen molar-refractivity contribution >= 4 is 17.5 Å². The van der Waals surface area contributed by atoms with Crippen LogP contribution in [0.15, 0.2) is 42.6 Å². The number of nitrogens with one attached hydrogen (secondary N) is 2. The molecule has 146 valence electrons. The molecule has 1 saturated heterocycles. The molecular formula is C19H18F3N5O. The van der Waals surface area contributed by atoms with Crippen molar-refractivity contribution in [2.75, 3.05) is 23.3 Å². The molecule has 0 saturated carbocycles. The van der Waals surface area contributed by atoms with E-state index in [1.165, 1.54) is 6.07 Å². The van der Waals surface area contributed by atoms with E-state index >= 15 is 0 Å². The molecule has 6 nitrogen and oxygen atoms in total. The summed E-state index contributed by atoms with van der Waals surface area (Å²) in [6.07, 6.45) is -2.27. The van der Waals surface area contributed by atoms with Crippen molar-refractivity contribution in [1.82, 2.24) is 10.3 Å². The van der Waals surface area contributed by atoms with Crippen molar-refractivity contribution in [3.63, 3.8) is 0 Å². The number of nitriles is 1. The van der Waals surface area contributed by atoms with Crippen LogP contribution in [0.3, 0.4) is 0 Å². The number of aromatic nitrogens is 1. The van der Waals surface area contributed by atoms with Gasteiger partial charge in [0, 0.05) is 31.0 Å². The van der Waals surface area contributed by atoms with E-state index < -0.39 is 11.7 Å². The van der Waals surface area contributed by atoms with Crippen molar-refractivity contribution in [3.8, 4) is 6.07 Å². The molecule has 1 aliphatic heterocycles. The van der Waals surface area contributed by atoms with Gasteiger partial charge < -0.3 is 15.5 Å². The number of carbonyl (C=O) groups excluding carboxylic acids is 1. The zero-order valence-electron chi connectivity index (χ0n) is 14.8. The summed E-state index contributed by atoms with van der Waals surface area (Å²) < 4.78 is 37.9. The van der Waals surface area contributed by atoms with Crippen LogP contribution in [0.4, 0.5) is 29.5 Å². The molecule has 1 fully saturated rings. The summed E-state index contributed by atoms with van der Waals surface area (Å²) in [5.41, 5.74) is 0.211. The van der Waals surface area contributed by atoms with E-state index in [0.29, 0.717) is 43.0 Å². The summed E-state index contributed by atoms with van der Waals surface area (Å²) in [5.74, 6) is 0.490. The highest BCUT2D eigenvalue weighted by Gasteiger charge is 2.31. The summed E-state index contributed by atoms with van der Waals surface area (Å²) in [6, 6.07) is 10.6. The molecule has 2 amide bonds. The number of pyridine rings is 1. The third kappa shape index (κ3) is 4.91. The molecule has 1 aromatic heterocycles. The van der Waals surface area contributed by atoms with E-state index in [2.05, 4.69) is 15.6 Å². The number of amides is 2. The SMILES string of the molecule is N#Cc1cccc(NC(=O)NC2CCN(c3ccc(C(F)(F)F)cn3)CC2)c1. The average molecular weight is 389 g/mol. The van der Waals surface area contributed by atoms with Crippen molar-refractivity contribution in [3.05, 3.63) is 53.7 Å². The maximum Gasteiger partial charge on any atom is 0.417 e. The van der Waals surface area contributed by atoms with Crippen molar-refractivity contribution in [2.45, 2.75) is 25.1 Å². The first-order chi connectivity index (χ1) is 13.3. The molecule has 0 unspecified atom stereocenters. The highest BCUT2D eigenvalue weighted by atomic mass is 19.4. The van der Waals surface area contributed by atoms with E-state index in [1.807, 2.05) is 11.0 Å². The smallest absolute Gasteiger partial charge is 0.356 e. The molecule has 0 atom stereocenters. The highest BCUT2D eigenvalue weighted by Crippen LogP contribution is 2.29. The van der Waals surface area contributed by atoms with Gasteiger partial charge in [-0.25, -0.2) is 9.78 Å². The van der Waals surface area contributed by atoms with Gasteiger partial charge in [-0.3, -0.25) is 0 Å². The third-order valence-corrected chi connectivity index (χ3v) is 4.48. The van der Waals surface area contributed by atoms with Gasteiger partial charge in [0.05, 0.1) is 17.2 Å². The second kappa shape index (κ2) is 8.17. The zero-order chi connectivity index (χ0) is 20.1. The number of halogens is 3. The van der Waals surface area contributed by atoms with Gasteiger partial charge in [-0.2, -0.15) is 18.4 Å². The fourth-order valence-electron chi connectivity index (χ4n) is 3.01. The summed E-state index contributed by atoms with van der Waals surface area (Å²) in [5, 5.41) is 14.5. The van der Waals surface area contributed by atoms with Gasteiger partial charge in [-0.05, 0) is 43.2 Å². The van der Waals surface area contributed by atoms with Crippen LogP contribution in [0.5, 0.6) is 0 Å². The molecule has 2 N–H and O–H groups in total. The lowest BCUT2D eigenvalue weighted by atomic mass is 10.1. The Bertz CT molecular complexity index is 868. The first-order valence-electron chi connectivity index (χ1n) is 8.71. The minimum Gasteiger partial charge on any atom is -0.356 e. The predicted octanol–water partition coefficient (Wildman–Crippen LogP) is 3.76. The fraction of sp³-hybridized carbons (Fsp3) is 0.316. The summed E-state index contributed by atoms with van der Waals surface area (Å²) in [4.78, 5) is 17.9.